The standard InChI is InChI=1S/C11H8BrN3O4S/c12-8-5-6-13-11(7-8)14-20(18,19)10-4-2-1-3-9(10)15(16)17/h1-7H,(H,13,14). The minimum absolute atomic E-state index is 0.0672. The van der Waals surface area contributed by atoms with E-state index in [1.54, 1.807) is 6.07 Å². The van der Waals surface area contributed by atoms with Gasteiger partial charge in [-0.25, -0.2) is 13.4 Å². The lowest BCUT2D eigenvalue weighted by molar-refractivity contribution is -0.387. The number of nitrogens with zero attached hydrogens (tertiary/aromatic N) is 2. The summed E-state index contributed by atoms with van der Waals surface area (Å²) >= 11 is 3.18. The number of aromatic nitrogens is 1. The highest BCUT2D eigenvalue weighted by atomic mass is 79.9. The van der Waals surface area contributed by atoms with Gasteiger partial charge in [-0.15, -0.1) is 0 Å². The molecule has 0 fully saturated rings. The van der Waals surface area contributed by atoms with E-state index in [1.807, 2.05) is 0 Å². The monoisotopic (exact) mass is 357 g/mol. The average Bonchev–Trinajstić information content (AvgIpc) is 2.38. The summed E-state index contributed by atoms with van der Waals surface area (Å²) in [5, 5.41) is 10.9. The van der Waals surface area contributed by atoms with Crippen LogP contribution in [0.1, 0.15) is 0 Å². The molecule has 0 aliphatic carbocycles. The maximum Gasteiger partial charge on any atom is 0.289 e. The van der Waals surface area contributed by atoms with Gasteiger partial charge in [-0.3, -0.25) is 14.8 Å². The van der Waals surface area contributed by atoms with E-state index in [1.165, 1.54) is 30.5 Å². The summed E-state index contributed by atoms with van der Waals surface area (Å²) in [6.45, 7) is 0. The molecule has 0 amide bonds. The molecule has 0 radical (unpaired) electrons. The Kier molecular flexibility index (Phi) is 4.00. The molecular weight excluding hydrogens is 350 g/mol. The third-order valence-electron chi connectivity index (χ3n) is 2.31. The number of nitrogens with one attached hydrogen (secondary N) is 1. The summed E-state index contributed by atoms with van der Waals surface area (Å²) in [5.41, 5.74) is -0.491. The second-order valence-electron chi connectivity index (χ2n) is 3.69. The molecule has 2 aromatic rings. The van der Waals surface area contributed by atoms with Crippen molar-refractivity contribution in [2.24, 2.45) is 0 Å². The third kappa shape index (κ3) is 3.11. The van der Waals surface area contributed by atoms with E-state index in [0.717, 1.165) is 6.07 Å². The first-order valence-electron chi connectivity index (χ1n) is 5.28. The van der Waals surface area contributed by atoms with E-state index in [2.05, 4.69) is 25.6 Å². The number of pyridine rings is 1. The zero-order chi connectivity index (χ0) is 14.8. The van der Waals surface area contributed by atoms with Gasteiger partial charge in [-0.1, -0.05) is 28.1 Å². The lowest BCUT2D eigenvalue weighted by Gasteiger charge is -2.07. The summed E-state index contributed by atoms with van der Waals surface area (Å²) in [6.07, 6.45) is 1.40. The highest BCUT2D eigenvalue weighted by Crippen LogP contribution is 2.25. The SMILES string of the molecule is O=[N+]([O-])c1ccccc1S(=O)(=O)Nc1cc(Br)ccn1. The van der Waals surface area contributed by atoms with Gasteiger partial charge in [0, 0.05) is 16.7 Å². The quantitative estimate of drug-likeness (QED) is 0.668. The molecule has 0 atom stereocenters. The summed E-state index contributed by atoms with van der Waals surface area (Å²) in [6, 6.07) is 8.18. The van der Waals surface area contributed by atoms with Crippen LogP contribution in [0, 0.1) is 10.1 Å². The molecule has 0 spiro atoms. The Hall–Kier alpha value is -2.00. The molecule has 9 heteroatoms. The predicted octanol–water partition coefficient (Wildman–Crippen LogP) is 2.55. The van der Waals surface area contributed by atoms with Crippen molar-refractivity contribution < 1.29 is 13.3 Å². The molecule has 0 aliphatic rings. The first-order valence-corrected chi connectivity index (χ1v) is 7.55. The Balaban J connectivity index is 2.44. The summed E-state index contributed by atoms with van der Waals surface area (Å²) < 4.78 is 27.2. The first kappa shape index (κ1) is 14.4. The maximum atomic E-state index is 12.2. The number of sulfonamides is 1. The molecule has 0 aliphatic heterocycles. The molecule has 2 rings (SSSR count). The number of benzene rings is 1. The second kappa shape index (κ2) is 5.55. The van der Waals surface area contributed by atoms with Crippen LogP contribution in [-0.4, -0.2) is 18.3 Å². The van der Waals surface area contributed by atoms with Crippen LogP contribution in [-0.2, 0) is 10.0 Å². The molecular formula is C11H8BrN3O4S. The topological polar surface area (TPSA) is 102 Å². The maximum absolute atomic E-state index is 12.2. The number of hydrogen-bond acceptors (Lipinski definition) is 5. The Bertz CT molecular complexity index is 764. The number of halogens is 1. The van der Waals surface area contributed by atoms with Crippen molar-refractivity contribution in [1.82, 2.24) is 4.98 Å². The molecule has 0 saturated heterocycles. The summed E-state index contributed by atoms with van der Waals surface area (Å²) in [5.74, 6) is 0.0672. The summed E-state index contributed by atoms with van der Waals surface area (Å²) in [7, 11) is -4.08. The van der Waals surface area contributed by atoms with Crippen LogP contribution in [0.5, 0.6) is 0 Å². The highest BCUT2D eigenvalue weighted by molar-refractivity contribution is 9.10. The number of anilines is 1. The van der Waals surface area contributed by atoms with Gasteiger partial charge in [0.15, 0.2) is 4.90 Å². The summed E-state index contributed by atoms with van der Waals surface area (Å²) in [4.78, 5) is 13.5. The normalized spacial score (nSPS) is 11.1. The van der Waals surface area contributed by atoms with Gasteiger partial charge in [0.1, 0.15) is 5.82 Å². The zero-order valence-corrected chi connectivity index (χ0v) is 12.3. The highest BCUT2D eigenvalue weighted by Gasteiger charge is 2.25. The van der Waals surface area contributed by atoms with Crippen LogP contribution in [0.15, 0.2) is 52.0 Å². The van der Waals surface area contributed by atoms with Crippen LogP contribution in [0.3, 0.4) is 0 Å². The number of rotatable bonds is 4. The largest absolute Gasteiger partial charge is 0.289 e. The van der Waals surface area contributed by atoms with Crippen molar-refractivity contribution >= 4 is 37.5 Å². The minimum Gasteiger partial charge on any atom is -0.263 e. The fraction of sp³-hybridized carbons (Fsp3) is 0. The van der Waals surface area contributed by atoms with Gasteiger partial charge in [-0.05, 0) is 18.2 Å². The van der Waals surface area contributed by atoms with Crippen LogP contribution in [0.25, 0.3) is 0 Å². The van der Waals surface area contributed by atoms with Crippen molar-refractivity contribution in [2.75, 3.05) is 4.72 Å². The van der Waals surface area contributed by atoms with E-state index < -0.39 is 25.5 Å². The van der Waals surface area contributed by atoms with Crippen molar-refractivity contribution in [3.8, 4) is 0 Å². The van der Waals surface area contributed by atoms with Crippen molar-refractivity contribution in [3.63, 3.8) is 0 Å². The van der Waals surface area contributed by atoms with Crippen molar-refractivity contribution in [3.05, 3.63) is 57.2 Å². The van der Waals surface area contributed by atoms with Crippen LogP contribution in [0.2, 0.25) is 0 Å². The van der Waals surface area contributed by atoms with Crippen LogP contribution < -0.4 is 4.72 Å². The lowest BCUT2D eigenvalue weighted by atomic mass is 10.3. The number of nitro groups is 1. The van der Waals surface area contributed by atoms with E-state index in [-0.39, 0.29) is 5.82 Å². The van der Waals surface area contributed by atoms with E-state index in [4.69, 9.17) is 0 Å². The first-order chi connectivity index (χ1) is 9.40. The van der Waals surface area contributed by atoms with Crippen molar-refractivity contribution in [2.45, 2.75) is 4.90 Å². The van der Waals surface area contributed by atoms with Crippen LogP contribution in [0.4, 0.5) is 11.5 Å². The molecule has 1 aromatic heterocycles. The number of para-hydroxylation sites is 1. The lowest BCUT2D eigenvalue weighted by Crippen LogP contribution is -2.15. The van der Waals surface area contributed by atoms with E-state index in [9.17, 15) is 18.5 Å². The van der Waals surface area contributed by atoms with E-state index >= 15 is 0 Å². The number of nitro benzene ring substituents is 1. The molecule has 104 valence electrons. The Morgan fingerprint density at radius 1 is 1.25 bits per heavy atom. The van der Waals surface area contributed by atoms with Gasteiger partial charge in [0.2, 0.25) is 0 Å². The van der Waals surface area contributed by atoms with Crippen LogP contribution >= 0.6 is 15.9 Å². The average molecular weight is 358 g/mol. The van der Waals surface area contributed by atoms with Gasteiger partial charge in [0.05, 0.1) is 4.92 Å². The van der Waals surface area contributed by atoms with Gasteiger partial charge >= 0.3 is 0 Å². The van der Waals surface area contributed by atoms with Crippen molar-refractivity contribution in [1.29, 1.82) is 0 Å². The third-order valence-corrected chi connectivity index (χ3v) is 4.21. The van der Waals surface area contributed by atoms with E-state index in [0.29, 0.717) is 4.47 Å². The molecule has 0 unspecified atom stereocenters. The Morgan fingerprint density at radius 2 is 1.95 bits per heavy atom. The predicted molar refractivity (Wildman–Crippen MR) is 75.8 cm³/mol. The molecule has 20 heavy (non-hydrogen) atoms. The minimum atomic E-state index is -4.08. The Morgan fingerprint density at radius 3 is 2.60 bits per heavy atom. The molecule has 7 nitrogen and oxygen atoms in total. The van der Waals surface area contributed by atoms with Gasteiger partial charge in [0.25, 0.3) is 15.7 Å². The smallest absolute Gasteiger partial charge is 0.263 e. The zero-order valence-electron chi connectivity index (χ0n) is 9.86. The van der Waals surface area contributed by atoms with Gasteiger partial charge in [-0.2, -0.15) is 0 Å². The molecule has 0 bridgehead atoms. The van der Waals surface area contributed by atoms with Gasteiger partial charge < -0.3 is 0 Å². The molecule has 1 heterocycles. The fourth-order valence-corrected chi connectivity index (χ4v) is 3.00. The molecule has 1 aromatic carbocycles. The number of hydrogen-bond donors (Lipinski definition) is 1. The Labute approximate surface area is 123 Å². The fourth-order valence-electron chi connectivity index (χ4n) is 1.49. The molecule has 0 saturated carbocycles. The second-order valence-corrected chi connectivity index (χ2v) is 6.26. The molecule has 1 N–H and O–H groups in total.